The van der Waals surface area contributed by atoms with E-state index in [2.05, 4.69) is 75.7 Å². The average molecular weight is 330 g/mol. The number of aryl methyl sites for hydroxylation is 1. The van der Waals surface area contributed by atoms with Gasteiger partial charge in [-0.2, -0.15) is 0 Å². The molecule has 0 amide bonds. The minimum atomic E-state index is -1.89. The number of fused-ring (bicyclic) bond motifs is 1. The van der Waals surface area contributed by atoms with E-state index in [4.69, 9.17) is 9.16 Å². The van der Waals surface area contributed by atoms with Crippen LogP contribution in [0.25, 0.3) is 0 Å². The van der Waals surface area contributed by atoms with E-state index >= 15 is 0 Å². The SMILES string of the molecule is Cc1cc2n(c1O[Si](C)(C)C(C)(C)C)[C@H](c1ccccc1)OC2. The Labute approximate surface area is 140 Å². The minimum Gasteiger partial charge on any atom is -0.532 e. The third-order valence-electron chi connectivity index (χ3n) is 5.12. The minimum absolute atomic E-state index is 0.0836. The molecule has 124 valence electrons. The largest absolute Gasteiger partial charge is 0.532 e. The molecule has 1 aliphatic rings. The van der Waals surface area contributed by atoms with Crippen molar-refractivity contribution in [2.24, 2.45) is 0 Å². The van der Waals surface area contributed by atoms with E-state index in [0.29, 0.717) is 6.61 Å². The van der Waals surface area contributed by atoms with Gasteiger partial charge in [-0.3, -0.25) is 4.57 Å². The molecule has 23 heavy (non-hydrogen) atoms. The Balaban J connectivity index is 2.01. The molecule has 1 aromatic heterocycles. The second-order valence-electron chi connectivity index (χ2n) is 7.93. The van der Waals surface area contributed by atoms with Crippen LogP contribution in [0.2, 0.25) is 18.1 Å². The van der Waals surface area contributed by atoms with Crippen LogP contribution in [-0.2, 0) is 11.3 Å². The quantitative estimate of drug-likeness (QED) is 0.717. The lowest BCUT2D eigenvalue weighted by Gasteiger charge is -2.37. The monoisotopic (exact) mass is 329 g/mol. The van der Waals surface area contributed by atoms with Gasteiger partial charge in [0.2, 0.25) is 0 Å². The highest BCUT2D eigenvalue weighted by Crippen LogP contribution is 2.42. The number of hydrogen-bond donors (Lipinski definition) is 0. The Morgan fingerprint density at radius 1 is 1.17 bits per heavy atom. The topological polar surface area (TPSA) is 23.4 Å². The molecule has 0 saturated carbocycles. The van der Waals surface area contributed by atoms with Crippen molar-refractivity contribution in [2.45, 2.75) is 58.7 Å². The maximum absolute atomic E-state index is 6.65. The van der Waals surface area contributed by atoms with Crippen LogP contribution in [0, 0.1) is 6.92 Å². The lowest BCUT2D eigenvalue weighted by atomic mass is 10.2. The predicted octanol–water partition coefficient (Wildman–Crippen LogP) is 5.26. The van der Waals surface area contributed by atoms with Crippen molar-refractivity contribution >= 4 is 8.32 Å². The van der Waals surface area contributed by atoms with Gasteiger partial charge in [0, 0.05) is 11.1 Å². The molecule has 0 bridgehead atoms. The smallest absolute Gasteiger partial charge is 0.252 e. The van der Waals surface area contributed by atoms with E-state index in [0.717, 1.165) is 5.88 Å². The van der Waals surface area contributed by atoms with E-state index in [1.165, 1.54) is 16.8 Å². The van der Waals surface area contributed by atoms with Gasteiger partial charge in [-0.15, -0.1) is 0 Å². The third-order valence-corrected chi connectivity index (χ3v) is 9.43. The molecule has 2 aromatic rings. The van der Waals surface area contributed by atoms with Crippen LogP contribution in [0.5, 0.6) is 5.88 Å². The first-order valence-corrected chi connectivity index (χ1v) is 11.2. The second-order valence-corrected chi connectivity index (χ2v) is 12.7. The van der Waals surface area contributed by atoms with E-state index in [1.807, 2.05) is 6.07 Å². The maximum Gasteiger partial charge on any atom is 0.252 e. The zero-order valence-corrected chi connectivity index (χ0v) is 16.0. The van der Waals surface area contributed by atoms with E-state index < -0.39 is 8.32 Å². The Hall–Kier alpha value is -1.52. The van der Waals surface area contributed by atoms with E-state index in [9.17, 15) is 0 Å². The molecule has 3 rings (SSSR count). The molecule has 0 radical (unpaired) electrons. The Morgan fingerprint density at radius 2 is 1.83 bits per heavy atom. The van der Waals surface area contributed by atoms with Crippen LogP contribution in [0.15, 0.2) is 36.4 Å². The Kier molecular flexibility index (Phi) is 3.93. The fraction of sp³-hybridized carbons (Fsp3) is 0.474. The highest BCUT2D eigenvalue weighted by atomic mass is 28.4. The normalized spacial score (nSPS) is 18.1. The number of ether oxygens (including phenoxy) is 1. The van der Waals surface area contributed by atoms with Gasteiger partial charge in [-0.1, -0.05) is 51.1 Å². The average Bonchev–Trinajstić information content (AvgIpc) is 2.99. The molecule has 1 aromatic carbocycles. The standard InChI is InChI=1S/C19H27NO2Si/c1-14-12-16-13-21-18(15-10-8-7-9-11-15)20(16)17(14)22-23(5,6)19(2,3)4/h7-12,18H,13H2,1-6H3/t18-/m0/s1. The van der Waals surface area contributed by atoms with Crippen LogP contribution < -0.4 is 4.43 Å². The molecule has 1 aliphatic heterocycles. The van der Waals surface area contributed by atoms with E-state index in [-0.39, 0.29) is 11.3 Å². The summed E-state index contributed by atoms with van der Waals surface area (Å²) in [5.41, 5.74) is 3.57. The highest BCUT2D eigenvalue weighted by molar-refractivity contribution is 6.74. The second kappa shape index (κ2) is 5.53. The number of hydrogen-bond acceptors (Lipinski definition) is 2. The lowest BCUT2D eigenvalue weighted by Crippen LogP contribution is -2.44. The zero-order chi connectivity index (χ0) is 16.8. The molecule has 2 heterocycles. The summed E-state index contributed by atoms with van der Waals surface area (Å²) in [5, 5.41) is 0.172. The van der Waals surface area contributed by atoms with Gasteiger partial charge in [-0.05, 0) is 31.1 Å². The zero-order valence-electron chi connectivity index (χ0n) is 15.0. The summed E-state index contributed by atoms with van der Waals surface area (Å²) >= 11 is 0. The first kappa shape index (κ1) is 16.3. The van der Waals surface area contributed by atoms with Crippen molar-refractivity contribution in [1.82, 2.24) is 4.57 Å². The summed E-state index contributed by atoms with van der Waals surface area (Å²) in [5.74, 6) is 0.984. The fourth-order valence-electron chi connectivity index (χ4n) is 2.70. The molecular formula is C19H27NO2Si. The van der Waals surface area contributed by atoms with Crippen LogP contribution in [0.4, 0.5) is 0 Å². The van der Waals surface area contributed by atoms with Gasteiger partial charge in [0.15, 0.2) is 12.1 Å². The summed E-state index contributed by atoms with van der Waals surface area (Å²) in [4.78, 5) is 0. The van der Waals surface area contributed by atoms with Crippen molar-refractivity contribution in [3.05, 3.63) is 53.2 Å². The molecule has 0 spiro atoms. The summed E-state index contributed by atoms with van der Waals surface area (Å²) in [6, 6.07) is 12.6. The van der Waals surface area contributed by atoms with Crippen molar-refractivity contribution in [2.75, 3.05) is 0 Å². The van der Waals surface area contributed by atoms with Crippen molar-refractivity contribution in [3.63, 3.8) is 0 Å². The van der Waals surface area contributed by atoms with Crippen LogP contribution in [-0.4, -0.2) is 12.9 Å². The van der Waals surface area contributed by atoms with Gasteiger partial charge >= 0.3 is 0 Å². The first-order valence-electron chi connectivity index (χ1n) is 8.27. The van der Waals surface area contributed by atoms with E-state index in [1.54, 1.807) is 0 Å². The summed E-state index contributed by atoms with van der Waals surface area (Å²) in [6.45, 7) is 14.2. The summed E-state index contributed by atoms with van der Waals surface area (Å²) in [7, 11) is -1.89. The molecular weight excluding hydrogens is 302 g/mol. The molecule has 0 aliphatic carbocycles. The molecule has 1 atom stereocenters. The van der Waals surface area contributed by atoms with Gasteiger partial charge in [0.1, 0.15) is 0 Å². The third kappa shape index (κ3) is 2.86. The Morgan fingerprint density at radius 3 is 2.43 bits per heavy atom. The number of benzene rings is 1. The molecule has 0 fully saturated rings. The molecule has 0 saturated heterocycles. The maximum atomic E-state index is 6.65. The first-order chi connectivity index (χ1) is 10.7. The Bertz CT molecular complexity index is 698. The lowest BCUT2D eigenvalue weighted by molar-refractivity contribution is 0.0600. The molecule has 3 nitrogen and oxygen atoms in total. The number of nitrogens with zero attached hydrogens (tertiary/aromatic N) is 1. The van der Waals surface area contributed by atoms with Crippen molar-refractivity contribution < 1.29 is 9.16 Å². The molecule has 0 N–H and O–H groups in total. The van der Waals surface area contributed by atoms with Crippen molar-refractivity contribution in [3.8, 4) is 5.88 Å². The van der Waals surface area contributed by atoms with Crippen LogP contribution in [0.1, 0.15) is 43.8 Å². The summed E-state index contributed by atoms with van der Waals surface area (Å²) < 4.78 is 14.9. The van der Waals surface area contributed by atoms with Gasteiger partial charge in [0.25, 0.3) is 8.32 Å². The van der Waals surface area contributed by atoms with Crippen LogP contribution in [0.3, 0.4) is 0 Å². The predicted molar refractivity (Wildman–Crippen MR) is 96.4 cm³/mol. The number of rotatable bonds is 3. The fourth-order valence-corrected chi connectivity index (χ4v) is 3.75. The highest BCUT2D eigenvalue weighted by Gasteiger charge is 2.41. The molecule has 4 heteroatoms. The van der Waals surface area contributed by atoms with Crippen LogP contribution >= 0.6 is 0 Å². The molecule has 0 unspecified atom stereocenters. The summed E-state index contributed by atoms with van der Waals surface area (Å²) in [6.07, 6.45) is -0.0836. The van der Waals surface area contributed by atoms with Gasteiger partial charge in [-0.25, -0.2) is 0 Å². The van der Waals surface area contributed by atoms with Gasteiger partial charge < -0.3 is 9.16 Å². The number of aromatic nitrogens is 1. The van der Waals surface area contributed by atoms with Crippen molar-refractivity contribution in [1.29, 1.82) is 0 Å². The van der Waals surface area contributed by atoms with Gasteiger partial charge in [0.05, 0.1) is 12.3 Å².